The van der Waals surface area contributed by atoms with Crippen LogP contribution in [0, 0.1) is 0 Å². The second-order valence-electron chi connectivity index (χ2n) is 7.19. The Kier molecular flexibility index (Phi) is 4.46. The number of likely N-dealkylation sites (tertiary alicyclic amines) is 1. The number of thiazole rings is 1. The van der Waals surface area contributed by atoms with Gasteiger partial charge in [-0.3, -0.25) is 0 Å². The summed E-state index contributed by atoms with van der Waals surface area (Å²) in [6.45, 7) is 13.7. The summed E-state index contributed by atoms with van der Waals surface area (Å²) in [5, 5.41) is 0.974. The van der Waals surface area contributed by atoms with Crippen LogP contribution in [0.1, 0.15) is 39.0 Å². The molecule has 0 aliphatic carbocycles. The van der Waals surface area contributed by atoms with Crippen molar-refractivity contribution in [2.45, 2.75) is 51.8 Å². The molecular weight excluding hydrogens is 326 g/mol. The van der Waals surface area contributed by atoms with E-state index in [4.69, 9.17) is 9.47 Å². The van der Waals surface area contributed by atoms with E-state index in [1.54, 1.807) is 11.3 Å². The lowest BCUT2D eigenvalue weighted by atomic mass is 10.2. The topological polar surface area (TPSA) is 54.9 Å². The summed E-state index contributed by atoms with van der Waals surface area (Å²) in [5.74, 6) is 0.668. The third kappa shape index (κ3) is 3.36. The maximum atomic E-state index is 12.3. The molecule has 0 saturated carbocycles. The van der Waals surface area contributed by atoms with Crippen molar-refractivity contribution < 1.29 is 14.3 Å². The Labute approximate surface area is 147 Å². The fourth-order valence-corrected chi connectivity index (χ4v) is 4.14. The standard InChI is InChI=1S/C17H25N3O3S/c1-6-22-11(2)14-8-18-15(24-14)19-9-13-7-12(19)10-20(13)16(21)23-17(3,4)5/h8,12-13H,2,6-7,9-10H2,1,3-5H3. The maximum absolute atomic E-state index is 12.3. The second-order valence-corrected chi connectivity index (χ2v) is 8.20. The number of ether oxygens (including phenoxy) is 2. The summed E-state index contributed by atoms with van der Waals surface area (Å²) >= 11 is 1.59. The van der Waals surface area contributed by atoms with Crippen LogP contribution >= 0.6 is 11.3 Å². The van der Waals surface area contributed by atoms with Crippen LogP contribution in [0.15, 0.2) is 12.8 Å². The Morgan fingerprint density at radius 3 is 2.75 bits per heavy atom. The van der Waals surface area contributed by atoms with Crippen molar-refractivity contribution in [2.75, 3.05) is 24.6 Å². The van der Waals surface area contributed by atoms with Gasteiger partial charge in [0.25, 0.3) is 0 Å². The van der Waals surface area contributed by atoms with Gasteiger partial charge in [-0.05, 0) is 34.1 Å². The van der Waals surface area contributed by atoms with Gasteiger partial charge in [0.2, 0.25) is 0 Å². The molecule has 3 rings (SSSR count). The third-order valence-electron chi connectivity index (χ3n) is 4.20. The summed E-state index contributed by atoms with van der Waals surface area (Å²) in [6.07, 6.45) is 2.58. The number of hydrogen-bond acceptors (Lipinski definition) is 6. The number of hydrogen-bond donors (Lipinski definition) is 0. The van der Waals surface area contributed by atoms with Crippen LogP contribution < -0.4 is 4.90 Å². The van der Waals surface area contributed by atoms with Crippen LogP contribution in [-0.4, -0.2) is 53.4 Å². The predicted molar refractivity (Wildman–Crippen MR) is 95.3 cm³/mol. The first-order chi connectivity index (χ1) is 11.3. The number of amides is 1. The Hall–Kier alpha value is -1.76. The van der Waals surface area contributed by atoms with E-state index >= 15 is 0 Å². The van der Waals surface area contributed by atoms with Gasteiger partial charge in [0, 0.05) is 13.1 Å². The molecule has 1 aromatic rings. The first kappa shape index (κ1) is 17.1. The summed E-state index contributed by atoms with van der Waals surface area (Å²) in [4.78, 5) is 21.9. The molecule has 24 heavy (non-hydrogen) atoms. The van der Waals surface area contributed by atoms with Crippen molar-refractivity contribution in [1.82, 2.24) is 9.88 Å². The van der Waals surface area contributed by atoms with E-state index in [2.05, 4.69) is 16.5 Å². The van der Waals surface area contributed by atoms with Crippen LogP contribution in [0.3, 0.4) is 0 Å². The van der Waals surface area contributed by atoms with Crippen LogP contribution in [0.25, 0.3) is 5.76 Å². The summed E-state index contributed by atoms with van der Waals surface area (Å²) < 4.78 is 11.0. The summed E-state index contributed by atoms with van der Waals surface area (Å²) in [5.41, 5.74) is -0.456. The molecule has 7 heteroatoms. The minimum atomic E-state index is -0.456. The fourth-order valence-electron chi connectivity index (χ4n) is 3.22. The van der Waals surface area contributed by atoms with Crippen molar-refractivity contribution in [3.63, 3.8) is 0 Å². The molecule has 2 aliphatic rings. The Balaban J connectivity index is 1.63. The SMILES string of the molecule is C=C(OCC)c1cnc(N2CC3CC2CN3C(=O)OC(C)(C)C)s1. The molecule has 2 fully saturated rings. The van der Waals surface area contributed by atoms with Gasteiger partial charge in [-0.2, -0.15) is 0 Å². The van der Waals surface area contributed by atoms with E-state index in [9.17, 15) is 4.79 Å². The maximum Gasteiger partial charge on any atom is 0.410 e. The second kappa shape index (κ2) is 6.27. The van der Waals surface area contributed by atoms with E-state index in [1.807, 2.05) is 38.8 Å². The zero-order chi connectivity index (χ0) is 17.5. The van der Waals surface area contributed by atoms with Crippen LogP contribution in [-0.2, 0) is 9.47 Å². The lowest BCUT2D eigenvalue weighted by Gasteiger charge is -2.35. The smallest absolute Gasteiger partial charge is 0.410 e. The quantitative estimate of drug-likeness (QED) is 0.779. The molecule has 0 N–H and O–H groups in total. The largest absolute Gasteiger partial charge is 0.493 e. The Morgan fingerprint density at radius 1 is 1.42 bits per heavy atom. The first-order valence-corrected chi connectivity index (χ1v) is 9.14. The van der Waals surface area contributed by atoms with Gasteiger partial charge < -0.3 is 19.3 Å². The highest BCUT2D eigenvalue weighted by Gasteiger charge is 2.47. The molecule has 2 aliphatic heterocycles. The number of anilines is 1. The van der Waals surface area contributed by atoms with Gasteiger partial charge in [-0.15, -0.1) is 0 Å². The third-order valence-corrected chi connectivity index (χ3v) is 5.28. The highest BCUT2D eigenvalue weighted by atomic mass is 32.1. The van der Waals surface area contributed by atoms with Crippen LogP contribution in [0.2, 0.25) is 0 Å². The number of rotatable bonds is 4. The van der Waals surface area contributed by atoms with Gasteiger partial charge in [0.05, 0.1) is 29.8 Å². The lowest BCUT2D eigenvalue weighted by Crippen LogP contribution is -2.50. The molecular formula is C17H25N3O3S. The van der Waals surface area contributed by atoms with Crippen molar-refractivity contribution in [3.05, 3.63) is 17.7 Å². The molecule has 2 atom stereocenters. The molecule has 2 unspecified atom stereocenters. The number of fused-ring (bicyclic) bond motifs is 2. The molecule has 132 valence electrons. The minimum Gasteiger partial charge on any atom is -0.493 e. The highest BCUT2D eigenvalue weighted by Crippen LogP contribution is 2.38. The highest BCUT2D eigenvalue weighted by molar-refractivity contribution is 7.16. The number of aromatic nitrogens is 1. The van der Waals surface area contributed by atoms with E-state index in [0.29, 0.717) is 25.0 Å². The number of carbonyl (C=O) groups is 1. The Bertz CT molecular complexity index is 637. The number of carbonyl (C=O) groups excluding carboxylic acids is 1. The average Bonchev–Trinajstić information content (AvgIpc) is 3.20. The first-order valence-electron chi connectivity index (χ1n) is 8.32. The molecule has 1 amide bonds. The number of piperazine rings is 1. The van der Waals surface area contributed by atoms with Gasteiger partial charge in [0.15, 0.2) is 5.13 Å². The molecule has 0 aromatic carbocycles. The predicted octanol–water partition coefficient (Wildman–Crippen LogP) is 3.35. The zero-order valence-corrected chi connectivity index (χ0v) is 15.6. The zero-order valence-electron chi connectivity index (χ0n) is 14.7. The summed E-state index contributed by atoms with van der Waals surface area (Å²) in [6, 6.07) is 0.508. The van der Waals surface area contributed by atoms with Crippen LogP contribution in [0.4, 0.5) is 9.93 Å². The van der Waals surface area contributed by atoms with E-state index in [0.717, 1.165) is 23.0 Å². The minimum absolute atomic E-state index is 0.201. The number of nitrogens with zero attached hydrogens (tertiary/aromatic N) is 3. The van der Waals surface area contributed by atoms with Crippen molar-refractivity contribution in [3.8, 4) is 0 Å². The van der Waals surface area contributed by atoms with E-state index in [-0.39, 0.29) is 12.1 Å². The molecule has 2 bridgehead atoms. The molecule has 0 radical (unpaired) electrons. The normalized spacial score (nSPS) is 22.8. The van der Waals surface area contributed by atoms with Gasteiger partial charge in [0.1, 0.15) is 11.4 Å². The van der Waals surface area contributed by atoms with Gasteiger partial charge >= 0.3 is 6.09 Å². The van der Waals surface area contributed by atoms with Crippen molar-refractivity contribution >= 4 is 28.3 Å². The molecule has 6 nitrogen and oxygen atoms in total. The van der Waals surface area contributed by atoms with Gasteiger partial charge in [-0.1, -0.05) is 17.9 Å². The van der Waals surface area contributed by atoms with Crippen molar-refractivity contribution in [1.29, 1.82) is 0 Å². The molecule has 3 heterocycles. The lowest BCUT2D eigenvalue weighted by molar-refractivity contribution is 0.0214. The monoisotopic (exact) mass is 351 g/mol. The summed E-state index contributed by atoms with van der Waals surface area (Å²) in [7, 11) is 0. The Morgan fingerprint density at radius 2 is 2.17 bits per heavy atom. The molecule has 1 aromatic heterocycles. The molecule has 2 saturated heterocycles. The fraction of sp³-hybridized carbons (Fsp3) is 0.647. The van der Waals surface area contributed by atoms with Crippen molar-refractivity contribution in [2.24, 2.45) is 0 Å². The van der Waals surface area contributed by atoms with Gasteiger partial charge in [-0.25, -0.2) is 9.78 Å². The van der Waals surface area contributed by atoms with E-state index < -0.39 is 5.60 Å². The molecule has 0 spiro atoms. The van der Waals surface area contributed by atoms with Crippen LogP contribution in [0.5, 0.6) is 0 Å². The van der Waals surface area contributed by atoms with E-state index in [1.165, 1.54) is 0 Å². The average molecular weight is 351 g/mol.